The van der Waals surface area contributed by atoms with Crippen LogP contribution in [0, 0.1) is 11.8 Å². The molecule has 0 aliphatic heterocycles. The number of carbonyl (C=O) groups is 1. The van der Waals surface area contributed by atoms with Crippen molar-refractivity contribution in [2.75, 3.05) is 6.61 Å². The molecule has 1 unspecified atom stereocenters. The maximum Gasteiger partial charge on any atom is 0.251 e. The summed E-state index contributed by atoms with van der Waals surface area (Å²) < 4.78 is 0. The molecule has 2 aromatic rings. The van der Waals surface area contributed by atoms with Crippen molar-refractivity contribution in [3.05, 3.63) is 47.5 Å². The third-order valence-corrected chi connectivity index (χ3v) is 2.81. The maximum absolute atomic E-state index is 12.1. The molecule has 1 aromatic carbocycles. The predicted octanol–water partition coefficient (Wildman–Crippen LogP) is 1.03. The summed E-state index contributed by atoms with van der Waals surface area (Å²) >= 11 is 0. The minimum Gasteiger partial charge on any atom is -0.395 e. The molecule has 0 bridgehead atoms. The maximum atomic E-state index is 12.1. The van der Waals surface area contributed by atoms with Gasteiger partial charge in [0, 0.05) is 17.5 Å². The molecule has 0 aliphatic rings. The van der Waals surface area contributed by atoms with Gasteiger partial charge in [0.2, 0.25) is 0 Å². The molecular formula is C15H16N4O2. The van der Waals surface area contributed by atoms with Crippen molar-refractivity contribution in [2.45, 2.75) is 19.4 Å². The van der Waals surface area contributed by atoms with Crippen molar-refractivity contribution < 1.29 is 9.90 Å². The van der Waals surface area contributed by atoms with E-state index in [4.69, 9.17) is 5.11 Å². The number of benzene rings is 1. The summed E-state index contributed by atoms with van der Waals surface area (Å²) in [5.41, 5.74) is 1.36. The van der Waals surface area contributed by atoms with E-state index in [-0.39, 0.29) is 18.6 Å². The van der Waals surface area contributed by atoms with E-state index < -0.39 is 0 Å². The van der Waals surface area contributed by atoms with Crippen LogP contribution >= 0.6 is 0 Å². The Bertz CT molecular complexity index is 639. The number of aromatic nitrogens is 3. The summed E-state index contributed by atoms with van der Waals surface area (Å²) in [6.07, 6.45) is 1.84. The second-order valence-corrected chi connectivity index (χ2v) is 4.42. The van der Waals surface area contributed by atoms with E-state index in [0.717, 1.165) is 5.56 Å². The van der Waals surface area contributed by atoms with Gasteiger partial charge in [0.15, 0.2) is 0 Å². The number of nitrogens with one attached hydrogen (secondary N) is 2. The molecule has 0 spiro atoms. The summed E-state index contributed by atoms with van der Waals surface area (Å²) in [6, 6.07) is 6.73. The SMILES string of the molecule is CC(NC(=O)c1ccc(C#CCCO)cc1)c1ncn[nH]1. The zero-order valence-electron chi connectivity index (χ0n) is 11.6. The molecule has 2 rings (SSSR count). The average Bonchev–Trinajstić information content (AvgIpc) is 3.02. The molecule has 1 aromatic heterocycles. The van der Waals surface area contributed by atoms with Crippen LogP contribution in [0.5, 0.6) is 0 Å². The molecule has 0 fully saturated rings. The van der Waals surface area contributed by atoms with Gasteiger partial charge >= 0.3 is 0 Å². The smallest absolute Gasteiger partial charge is 0.251 e. The van der Waals surface area contributed by atoms with Crippen LogP contribution in [0.4, 0.5) is 0 Å². The number of H-pyrrole nitrogens is 1. The fraction of sp³-hybridized carbons (Fsp3) is 0.267. The van der Waals surface area contributed by atoms with Gasteiger partial charge in [-0.2, -0.15) is 5.10 Å². The number of hydrogen-bond donors (Lipinski definition) is 3. The Kier molecular flexibility index (Phi) is 5.07. The van der Waals surface area contributed by atoms with Gasteiger partial charge in [-0.15, -0.1) is 0 Å². The first-order valence-corrected chi connectivity index (χ1v) is 6.56. The van der Waals surface area contributed by atoms with Crippen molar-refractivity contribution in [1.29, 1.82) is 0 Å². The van der Waals surface area contributed by atoms with Gasteiger partial charge in [0.1, 0.15) is 12.2 Å². The zero-order valence-corrected chi connectivity index (χ0v) is 11.6. The summed E-state index contributed by atoms with van der Waals surface area (Å²) in [5.74, 6) is 6.16. The van der Waals surface area contributed by atoms with Crippen LogP contribution in [0.25, 0.3) is 0 Å². The lowest BCUT2D eigenvalue weighted by Gasteiger charge is -2.10. The molecule has 3 N–H and O–H groups in total. The van der Waals surface area contributed by atoms with Gasteiger partial charge < -0.3 is 10.4 Å². The molecular weight excluding hydrogens is 268 g/mol. The van der Waals surface area contributed by atoms with Crippen LogP contribution in [-0.2, 0) is 0 Å². The molecule has 21 heavy (non-hydrogen) atoms. The van der Waals surface area contributed by atoms with E-state index in [9.17, 15) is 4.79 Å². The van der Waals surface area contributed by atoms with Gasteiger partial charge in [-0.25, -0.2) is 4.98 Å². The first-order chi connectivity index (χ1) is 10.2. The summed E-state index contributed by atoms with van der Waals surface area (Å²) in [6.45, 7) is 1.88. The van der Waals surface area contributed by atoms with Gasteiger partial charge in [0.05, 0.1) is 12.6 Å². The lowest BCUT2D eigenvalue weighted by molar-refractivity contribution is 0.0938. The van der Waals surface area contributed by atoms with Crippen molar-refractivity contribution in [1.82, 2.24) is 20.5 Å². The van der Waals surface area contributed by atoms with Crippen LogP contribution in [0.1, 0.15) is 41.1 Å². The summed E-state index contributed by atoms with van der Waals surface area (Å²) in [5, 5.41) is 18.0. The second kappa shape index (κ2) is 7.22. The van der Waals surface area contributed by atoms with Crippen LogP contribution in [-0.4, -0.2) is 32.8 Å². The molecule has 0 saturated heterocycles. The largest absolute Gasteiger partial charge is 0.395 e. The Morgan fingerprint density at radius 1 is 1.43 bits per heavy atom. The number of nitrogens with zero attached hydrogens (tertiary/aromatic N) is 2. The first kappa shape index (κ1) is 14.8. The highest BCUT2D eigenvalue weighted by Crippen LogP contribution is 2.08. The lowest BCUT2D eigenvalue weighted by atomic mass is 10.1. The Morgan fingerprint density at radius 2 is 2.19 bits per heavy atom. The fourth-order valence-corrected chi connectivity index (χ4v) is 1.70. The van der Waals surface area contributed by atoms with E-state index in [1.165, 1.54) is 6.33 Å². The van der Waals surface area contributed by atoms with E-state index >= 15 is 0 Å². The van der Waals surface area contributed by atoms with Crippen molar-refractivity contribution in [2.24, 2.45) is 0 Å². The predicted molar refractivity (Wildman–Crippen MR) is 77.3 cm³/mol. The van der Waals surface area contributed by atoms with E-state index in [0.29, 0.717) is 17.8 Å². The quantitative estimate of drug-likeness (QED) is 0.731. The monoisotopic (exact) mass is 284 g/mol. The number of aromatic amines is 1. The minimum absolute atomic E-state index is 0.0486. The number of aliphatic hydroxyl groups is 1. The number of carbonyl (C=O) groups excluding carboxylic acids is 1. The van der Waals surface area contributed by atoms with E-state index in [1.807, 2.05) is 6.92 Å². The van der Waals surface area contributed by atoms with Gasteiger partial charge in [-0.1, -0.05) is 11.8 Å². The summed E-state index contributed by atoms with van der Waals surface area (Å²) in [4.78, 5) is 16.1. The normalized spacial score (nSPS) is 11.3. The van der Waals surface area contributed by atoms with Crippen molar-refractivity contribution >= 4 is 5.91 Å². The highest BCUT2D eigenvalue weighted by Gasteiger charge is 2.13. The van der Waals surface area contributed by atoms with Crippen LogP contribution in [0.2, 0.25) is 0 Å². The van der Waals surface area contributed by atoms with Gasteiger partial charge in [0.25, 0.3) is 5.91 Å². The highest BCUT2D eigenvalue weighted by atomic mass is 16.2. The molecule has 0 radical (unpaired) electrons. The molecule has 1 heterocycles. The third kappa shape index (κ3) is 4.16. The minimum atomic E-state index is -0.246. The van der Waals surface area contributed by atoms with Crippen LogP contribution in [0.3, 0.4) is 0 Å². The molecule has 0 aliphatic carbocycles. The number of aliphatic hydroxyl groups excluding tert-OH is 1. The lowest BCUT2D eigenvalue weighted by Crippen LogP contribution is -2.27. The van der Waals surface area contributed by atoms with Crippen LogP contribution < -0.4 is 5.32 Å². The standard InChI is InChI=1S/C15H16N4O2/c1-11(14-16-10-17-19-14)18-15(21)13-7-5-12(6-8-13)4-2-3-9-20/h5-8,10-11,20H,3,9H2,1H3,(H,18,21)(H,16,17,19). The van der Waals surface area contributed by atoms with Gasteiger partial charge in [-0.3, -0.25) is 9.89 Å². The Labute approximate surface area is 122 Å². The molecule has 1 amide bonds. The molecule has 1 atom stereocenters. The van der Waals surface area contributed by atoms with Crippen LogP contribution in [0.15, 0.2) is 30.6 Å². The number of amides is 1. The molecule has 6 heteroatoms. The first-order valence-electron chi connectivity index (χ1n) is 6.56. The molecule has 6 nitrogen and oxygen atoms in total. The number of rotatable bonds is 4. The third-order valence-electron chi connectivity index (χ3n) is 2.81. The van der Waals surface area contributed by atoms with Crippen molar-refractivity contribution in [3.8, 4) is 11.8 Å². The Hall–Kier alpha value is -2.65. The molecule has 0 saturated carbocycles. The van der Waals surface area contributed by atoms with E-state index in [1.54, 1.807) is 24.3 Å². The topological polar surface area (TPSA) is 90.9 Å². The average molecular weight is 284 g/mol. The Balaban J connectivity index is 1.98. The second-order valence-electron chi connectivity index (χ2n) is 4.42. The van der Waals surface area contributed by atoms with Crippen molar-refractivity contribution in [3.63, 3.8) is 0 Å². The number of hydrogen-bond acceptors (Lipinski definition) is 4. The fourth-order valence-electron chi connectivity index (χ4n) is 1.70. The van der Waals surface area contributed by atoms with Gasteiger partial charge in [-0.05, 0) is 31.2 Å². The van der Waals surface area contributed by atoms with E-state index in [2.05, 4.69) is 32.3 Å². The molecule has 108 valence electrons. The zero-order chi connectivity index (χ0) is 15.1. The highest BCUT2D eigenvalue weighted by molar-refractivity contribution is 5.94. The summed E-state index contributed by atoms with van der Waals surface area (Å²) in [7, 11) is 0. The Morgan fingerprint density at radius 3 is 2.81 bits per heavy atom.